The Bertz CT molecular complexity index is 444. The summed E-state index contributed by atoms with van der Waals surface area (Å²) in [6.07, 6.45) is 0. The third-order valence-corrected chi connectivity index (χ3v) is 2.95. The van der Waals surface area contributed by atoms with Gasteiger partial charge in [-0.25, -0.2) is 0 Å². The van der Waals surface area contributed by atoms with Crippen LogP contribution >= 0.6 is 0 Å². The van der Waals surface area contributed by atoms with Crippen LogP contribution < -0.4 is 10.9 Å². The van der Waals surface area contributed by atoms with E-state index in [2.05, 4.69) is 26.1 Å². The van der Waals surface area contributed by atoms with Gasteiger partial charge in [-0.15, -0.1) is 0 Å². The van der Waals surface area contributed by atoms with Gasteiger partial charge in [0, 0.05) is 43.9 Å². The molecule has 0 radical (unpaired) electrons. The molecule has 0 saturated carbocycles. The topological polar surface area (TPSA) is 43.3 Å². The average molecular weight is 252 g/mol. The molecule has 4 nitrogen and oxygen atoms in total. The molecule has 102 valence electrons. The zero-order valence-electron chi connectivity index (χ0n) is 12.0. The van der Waals surface area contributed by atoms with Crippen molar-refractivity contribution in [1.29, 1.82) is 0 Å². The molecule has 1 N–H and O–H groups in total. The van der Waals surface area contributed by atoms with E-state index in [1.807, 2.05) is 19.2 Å². The molecule has 0 bridgehead atoms. The summed E-state index contributed by atoms with van der Waals surface area (Å²) in [6, 6.07) is 3.96. The second-order valence-corrected chi connectivity index (χ2v) is 5.53. The Morgan fingerprint density at radius 3 is 2.56 bits per heavy atom. The van der Waals surface area contributed by atoms with Crippen LogP contribution in [0.4, 0.5) is 0 Å². The highest BCUT2D eigenvalue weighted by Crippen LogP contribution is 2.20. The number of ether oxygens (including phenoxy) is 1. The molecular formula is C14H24N2O2. The van der Waals surface area contributed by atoms with Crippen LogP contribution in [0.2, 0.25) is 0 Å². The molecule has 0 aromatic carbocycles. The quantitative estimate of drug-likeness (QED) is 0.806. The van der Waals surface area contributed by atoms with Gasteiger partial charge in [0.25, 0.3) is 5.56 Å². The molecule has 0 fully saturated rings. The van der Waals surface area contributed by atoms with Gasteiger partial charge in [-0.3, -0.25) is 4.79 Å². The number of nitrogens with zero attached hydrogens (tertiary/aromatic N) is 1. The van der Waals surface area contributed by atoms with Crippen molar-refractivity contribution in [2.24, 2.45) is 7.05 Å². The Balaban J connectivity index is 2.85. The number of nitrogens with one attached hydrogen (secondary N) is 1. The molecular weight excluding hydrogens is 228 g/mol. The van der Waals surface area contributed by atoms with Crippen LogP contribution in [0.25, 0.3) is 0 Å². The van der Waals surface area contributed by atoms with E-state index in [9.17, 15) is 4.79 Å². The fourth-order valence-electron chi connectivity index (χ4n) is 1.97. The third kappa shape index (κ3) is 3.68. The maximum absolute atomic E-state index is 12.2. The van der Waals surface area contributed by atoms with Crippen molar-refractivity contribution in [2.75, 3.05) is 20.3 Å². The van der Waals surface area contributed by atoms with E-state index in [0.717, 1.165) is 17.8 Å². The molecule has 0 aliphatic heterocycles. The van der Waals surface area contributed by atoms with Crippen LogP contribution in [0.5, 0.6) is 0 Å². The third-order valence-electron chi connectivity index (χ3n) is 2.95. The number of hydrogen-bond acceptors (Lipinski definition) is 3. The van der Waals surface area contributed by atoms with Crippen molar-refractivity contribution >= 4 is 0 Å². The van der Waals surface area contributed by atoms with Crippen molar-refractivity contribution in [3.05, 3.63) is 33.7 Å². The van der Waals surface area contributed by atoms with Crippen molar-refractivity contribution in [3.8, 4) is 0 Å². The van der Waals surface area contributed by atoms with Crippen molar-refractivity contribution in [2.45, 2.75) is 32.7 Å². The van der Waals surface area contributed by atoms with Crippen LogP contribution in [0.3, 0.4) is 0 Å². The molecule has 0 aliphatic carbocycles. The van der Waals surface area contributed by atoms with E-state index in [4.69, 9.17) is 4.74 Å². The first kappa shape index (κ1) is 14.9. The maximum atomic E-state index is 12.2. The van der Waals surface area contributed by atoms with Gasteiger partial charge in [0.05, 0.1) is 6.61 Å². The average Bonchev–Trinajstić information content (AvgIpc) is 2.28. The van der Waals surface area contributed by atoms with Gasteiger partial charge >= 0.3 is 0 Å². The Labute approximate surface area is 109 Å². The Kier molecular flexibility index (Phi) is 5.11. The van der Waals surface area contributed by atoms with Gasteiger partial charge in [-0.1, -0.05) is 26.8 Å². The molecule has 1 rings (SSSR count). The van der Waals surface area contributed by atoms with Gasteiger partial charge in [0.1, 0.15) is 0 Å². The SMILES string of the molecule is COCCNCc1ccc(C(C)(C)C)n(C)c1=O. The summed E-state index contributed by atoms with van der Waals surface area (Å²) < 4.78 is 6.70. The summed E-state index contributed by atoms with van der Waals surface area (Å²) in [5, 5.41) is 3.19. The number of aromatic nitrogens is 1. The van der Waals surface area contributed by atoms with E-state index in [-0.39, 0.29) is 11.0 Å². The second-order valence-electron chi connectivity index (χ2n) is 5.53. The lowest BCUT2D eigenvalue weighted by Crippen LogP contribution is -2.31. The molecule has 4 heteroatoms. The van der Waals surface area contributed by atoms with E-state index in [0.29, 0.717) is 13.2 Å². The molecule has 0 saturated heterocycles. The number of hydrogen-bond donors (Lipinski definition) is 1. The van der Waals surface area contributed by atoms with Gasteiger partial charge in [0.2, 0.25) is 0 Å². The molecule has 1 aromatic rings. The first-order chi connectivity index (χ1) is 8.38. The van der Waals surface area contributed by atoms with Gasteiger partial charge in [-0.05, 0) is 6.07 Å². The fraction of sp³-hybridized carbons (Fsp3) is 0.643. The highest BCUT2D eigenvalue weighted by Gasteiger charge is 2.18. The second kappa shape index (κ2) is 6.16. The smallest absolute Gasteiger partial charge is 0.255 e. The normalized spacial score (nSPS) is 11.8. The highest BCUT2D eigenvalue weighted by atomic mass is 16.5. The van der Waals surface area contributed by atoms with E-state index >= 15 is 0 Å². The minimum absolute atomic E-state index is 0.0179. The predicted octanol–water partition coefficient (Wildman–Crippen LogP) is 1.42. The Morgan fingerprint density at radius 2 is 2.00 bits per heavy atom. The lowest BCUT2D eigenvalue weighted by atomic mass is 9.91. The first-order valence-electron chi connectivity index (χ1n) is 6.27. The Morgan fingerprint density at radius 1 is 1.33 bits per heavy atom. The van der Waals surface area contributed by atoms with Gasteiger partial charge < -0.3 is 14.6 Å². The zero-order chi connectivity index (χ0) is 13.8. The number of pyridine rings is 1. The maximum Gasteiger partial charge on any atom is 0.255 e. The van der Waals surface area contributed by atoms with E-state index in [1.54, 1.807) is 11.7 Å². The molecule has 0 atom stereocenters. The van der Waals surface area contributed by atoms with Gasteiger partial charge in [-0.2, -0.15) is 0 Å². The molecule has 1 aromatic heterocycles. The largest absolute Gasteiger partial charge is 0.383 e. The summed E-state index contributed by atoms with van der Waals surface area (Å²) >= 11 is 0. The van der Waals surface area contributed by atoms with Crippen LogP contribution in [0, 0.1) is 0 Å². The van der Waals surface area contributed by atoms with Crippen molar-refractivity contribution in [1.82, 2.24) is 9.88 Å². The highest BCUT2D eigenvalue weighted by molar-refractivity contribution is 5.21. The summed E-state index contributed by atoms with van der Waals surface area (Å²) in [7, 11) is 3.50. The monoisotopic (exact) mass is 252 g/mol. The van der Waals surface area contributed by atoms with Crippen LogP contribution in [-0.4, -0.2) is 24.8 Å². The summed E-state index contributed by atoms with van der Waals surface area (Å²) in [6.45, 7) is 8.32. The molecule has 1 heterocycles. The number of methoxy groups -OCH3 is 1. The molecule has 0 spiro atoms. The standard InChI is InChI=1S/C14H24N2O2/c1-14(2,3)12-7-6-11(13(17)16(12)4)10-15-8-9-18-5/h6-7,15H,8-10H2,1-5H3. The number of rotatable bonds is 5. The van der Waals surface area contributed by atoms with Gasteiger partial charge in [0.15, 0.2) is 0 Å². The molecule has 0 aliphatic rings. The van der Waals surface area contributed by atoms with Crippen LogP contribution in [-0.2, 0) is 23.7 Å². The summed E-state index contributed by atoms with van der Waals surface area (Å²) in [5.41, 5.74) is 1.90. The fourth-order valence-corrected chi connectivity index (χ4v) is 1.97. The lowest BCUT2D eigenvalue weighted by molar-refractivity contribution is 0.199. The predicted molar refractivity (Wildman–Crippen MR) is 74.0 cm³/mol. The Hall–Kier alpha value is -1.13. The molecule has 0 amide bonds. The summed E-state index contributed by atoms with van der Waals surface area (Å²) in [5.74, 6) is 0. The van der Waals surface area contributed by atoms with Crippen molar-refractivity contribution in [3.63, 3.8) is 0 Å². The van der Waals surface area contributed by atoms with Crippen LogP contribution in [0.15, 0.2) is 16.9 Å². The molecule has 18 heavy (non-hydrogen) atoms. The zero-order valence-corrected chi connectivity index (χ0v) is 12.0. The first-order valence-corrected chi connectivity index (χ1v) is 6.27. The van der Waals surface area contributed by atoms with E-state index in [1.165, 1.54) is 0 Å². The minimum Gasteiger partial charge on any atom is -0.383 e. The minimum atomic E-state index is -0.0179. The summed E-state index contributed by atoms with van der Waals surface area (Å²) in [4.78, 5) is 12.2. The lowest BCUT2D eigenvalue weighted by Gasteiger charge is -2.22. The van der Waals surface area contributed by atoms with Crippen LogP contribution in [0.1, 0.15) is 32.0 Å². The van der Waals surface area contributed by atoms with E-state index < -0.39 is 0 Å². The van der Waals surface area contributed by atoms with Crippen molar-refractivity contribution < 1.29 is 4.74 Å². The molecule has 0 unspecified atom stereocenters.